The molecule has 0 radical (unpaired) electrons. The number of hydrogen-bond donors (Lipinski definition) is 0. The summed E-state index contributed by atoms with van der Waals surface area (Å²) in [7, 11) is -2.08. The van der Waals surface area contributed by atoms with Gasteiger partial charge in [0.2, 0.25) is 0 Å². The Hall–Kier alpha value is -0.136. The van der Waals surface area contributed by atoms with Crippen molar-refractivity contribution in [2.45, 2.75) is 45.0 Å². The quantitative estimate of drug-likeness (QED) is 0.480. The van der Waals surface area contributed by atoms with Gasteiger partial charge in [0, 0.05) is 11.1 Å². The molecule has 2 aliphatic carbocycles. The Morgan fingerprint density at radius 2 is 1.65 bits per heavy atom. The number of fused-ring (bicyclic) bond motifs is 2. The molecule has 0 aromatic heterocycles. The highest BCUT2D eigenvalue weighted by atomic mass is 35.6. The van der Waals surface area contributed by atoms with E-state index in [4.69, 9.17) is 26.6 Å². The van der Waals surface area contributed by atoms with Crippen molar-refractivity contribution in [3.8, 4) is 0 Å². The molecule has 0 amide bonds. The van der Waals surface area contributed by atoms with E-state index in [1.165, 1.54) is 0 Å². The highest BCUT2D eigenvalue weighted by Gasteiger charge is 2.55. The molecule has 2 nitrogen and oxygen atoms in total. The number of Topliss-reactive ketones (excluding diaryl/α,β-unsaturated/α-hetero) is 1. The molecule has 2 atom stereocenters. The number of rotatable bonds is 0. The van der Waals surface area contributed by atoms with E-state index in [1.54, 1.807) is 0 Å². The predicted molar refractivity (Wildman–Crippen MR) is 89.8 cm³/mol. The fraction of sp³-hybridized carbons (Fsp3) is 0.500. The van der Waals surface area contributed by atoms with Crippen LogP contribution < -0.4 is 0 Å². The van der Waals surface area contributed by atoms with Crippen LogP contribution in [0.25, 0.3) is 0 Å². The van der Waals surface area contributed by atoms with Crippen LogP contribution in [0.4, 0.5) is 0 Å². The van der Waals surface area contributed by atoms with Crippen LogP contribution in [0.5, 0.6) is 0 Å². The van der Waals surface area contributed by atoms with Gasteiger partial charge in [-0.25, -0.2) is 0 Å². The van der Waals surface area contributed by atoms with Crippen molar-refractivity contribution in [2.24, 2.45) is 0 Å². The van der Waals surface area contributed by atoms with Crippen LogP contribution >= 0.6 is 22.2 Å². The molecule has 2 unspecified atom stereocenters. The maximum absolute atomic E-state index is 10.8. The lowest BCUT2D eigenvalue weighted by Crippen LogP contribution is -2.61. The van der Waals surface area contributed by atoms with E-state index in [9.17, 15) is 4.79 Å². The number of ketones is 1. The average Bonchev–Trinajstić information content (AvgIpc) is 2.83. The third-order valence-electron chi connectivity index (χ3n) is 4.00. The second-order valence-corrected chi connectivity index (χ2v) is 24.1. The van der Waals surface area contributed by atoms with E-state index in [0.717, 1.165) is 23.6 Å². The first-order chi connectivity index (χ1) is 9.04. The van der Waals surface area contributed by atoms with Crippen LogP contribution in [-0.4, -0.2) is 25.4 Å². The zero-order valence-electron chi connectivity index (χ0n) is 12.3. The van der Waals surface area contributed by atoms with Crippen LogP contribution in [0.2, 0.25) is 19.1 Å². The second kappa shape index (κ2) is 5.25. The molecular formula is C14H20Cl2O2Si2. The molecule has 0 spiro atoms. The minimum absolute atomic E-state index is 0.0515. The van der Waals surface area contributed by atoms with Crippen molar-refractivity contribution in [3.05, 3.63) is 35.5 Å². The average molecular weight is 347 g/mol. The van der Waals surface area contributed by atoms with Gasteiger partial charge in [0.25, 0.3) is 7.14 Å². The van der Waals surface area contributed by atoms with Crippen molar-refractivity contribution >= 4 is 42.0 Å². The normalized spacial score (nSPS) is 37.2. The molecule has 20 heavy (non-hydrogen) atoms. The standard InChI is InChI=1S/C7H16Cl2OSi2.C7H4O/c1-7(2)5-6-11(3,8)12(4,9)10-7;8-7-5-1-2-6(7)4-3-5/h5-6H2,1-4H3;1-4H. The zero-order valence-corrected chi connectivity index (χ0v) is 15.8. The lowest BCUT2D eigenvalue weighted by Gasteiger charge is -2.45. The van der Waals surface area contributed by atoms with E-state index in [1.807, 2.05) is 30.9 Å². The van der Waals surface area contributed by atoms with Gasteiger partial charge in [-0.1, -0.05) is 30.9 Å². The molecule has 3 aliphatic rings. The molecule has 0 aromatic rings. The van der Waals surface area contributed by atoms with Gasteiger partial charge < -0.3 is 4.43 Å². The fourth-order valence-corrected chi connectivity index (χ4v) is 10.5. The van der Waals surface area contributed by atoms with E-state index < -0.39 is 14.0 Å². The SMILES string of the molecule is CC1(C)CC[Si](C)(Cl)[Si](C)(Cl)O1.O=C1C2=CC=C1C=C2. The van der Waals surface area contributed by atoms with E-state index in [-0.39, 0.29) is 11.4 Å². The summed E-state index contributed by atoms with van der Waals surface area (Å²) in [5, 5.41) is 0. The first kappa shape index (κ1) is 16.2. The lowest BCUT2D eigenvalue weighted by molar-refractivity contribution is -0.111. The molecular weight excluding hydrogens is 327 g/mol. The monoisotopic (exact) mass is 346 g/mol. The maximum Gasteiger partial charge on any atom is 0.288 e. The molecule has 0 aromatic carbocycles. The van der Waals surface area contributed by atoms with Crippen LogP contribution in [0, 0.1) is 0 Å². The molecule has 110 valence electrons. The largest absolute Gasteiger partial charge is 0.399 e. The molecule has 6 heteroatoms. The summed E-state index contributed by atoms with van der Waals surface area (Å²) in [6.45, 7) is 6.61. The zero-order chi connectivity index (χ0) is 15.2. The van der Waals surface area contributed by atoms with E-state index in [2.05, 4.69) is 20.4 Å². The van der Waals surface area contributed by atoms with E-state index in [0.29, 0.717) is 0 Å². The Bertz CT molecular complexity index is 507. The summed E-state index contributed by atoms with van der Waals surface area (Å²) < 4.78 is 5.91. The Morgan fingerprint density at radius 3 is 1.90 bits per heavy atom. The van der Waals surface area contributed by atoms with Gasteiger partial charge >= 0.3 is 0 Å². The van der Waals surface area contributed by atoms with Crippen molar-refractivity contribution < 1.29 is 9.22 Å². The van der Waals surface area contributed by atoms with Crippen LogP contribution in [-0.2, 0) is 9.22 Å². The molecule has 3 rings (SSSR count). The molecule has 1 heterocycles. The molecule has 2 bridgehead atoms. The summed E-state index contributed by atoms with van der Waals surface area (Å²) in [6, 6.07) is 1.09. The van der Waals surface area contributed by atoms with Crippen molar-refractivity contribution in [1.82, 2.24) is 0 Å². The second-order valence-electron chi connectivity index (χ2n) is 6.38. The maximum atomic E-state index is 10.8. The van der Waals surface area contributed by atoms with Crippen molar-refractivity contribution in [1.29, 1.82) is 0 Å². The first-order valence-corrected chi connectivity index (χ1v) is 14.9. The number of carbonyl (C=O) groups excluding carboxylic acids is 1. The highest BCUT2D eigenvalue weighted by Crippen LogP contribution is 2.42. The van der Waals surface area contributed by atoms with Gasteiger partial charge in [-0.2, -0.15) is 11.1 Å². The third-order valence-corrected chi connectivity index (χ3v) is 23.3. The van der Waals surface area contributed by atoms with E-state index >= 15 is 0 Å². The molecule has 0 N–H and O–H groups in total. The molecule has 1 aliphatic heterocycles. The topological polar surface area (TPSA) is 26.3 Å². The van der Waals surface area contributed by atoms with Crippen molar-refractivity contribution in [3.63, 3.8) is 0 Å². The summed E-state index contributed by atoms with van der Waals surface area (Å²) in [5.74, 6) is 0.185. The minimum Gasteiger partial charge on any atom is -0.399 e. The highest BCUT2D eigenvalue weighted by molar-refractivity contribution is 7.69. The smallest absolute Gasteiger partial charge is 0.288 e. The minimum atomic E-state index is -2.08. The summed E-state index contributed by atoms with van der Waals surface area (Å²) in [4.78, 5) is 10.8. The van der Waals surface area contributed by atoms with Gasteiger partial charge in [-0.3, -0.25) is 4.79 Å². The van der Waals surface area contributed by atoms with Gasteiger partial charge in [-0.15, -0.1) is 11.1 Å². The molecule has 1 saturated heterocycles. The molecule has 1 fully saturated rings. The van der Waals surface area contributed by atoms with Gasteiger partial charge in [-0.05, 0) is 32.9 Å². The van der Waals surface area contributed by atoms with Crippen molar-refractivity contribution in [2.75, 3.05) is 0 Å². The first-order valence-electron chi connectivity index (χ1n) is 6.77. The van der Waals surface area contributed by atoms with Gasteiger partial charge in [0.1, 0.15) is 0 Å². The Morgan fingerprint density at radius 1 is 1.15 bits per heavy atom. The Labute approximate surface area is 131 Å². The predicted octanol–water partition coefficient (Wildman–Crippen LogP) is 4.38. The Kier molecular flexibility index (Phi) is 4.26. The summed E-state index contributed by atoms with van der Waals surface area (Å²) >= 11 is 12.8. The number of halogens is 2. The van der Waals surface area contributed by atoms with Crippen LogP contribution in [0.3, 0.4) is 0 Å². The summed E-state index contributed by atoms with van der Waals surface area (Å²) in [5.41, 5.74) is 1.62. The summed E-state index contributed by atoms with van der Waals surface area (Å²) in [6.07, 6.45) is 8.43. The third kappa shape index (κ3) is 3.20. The molecule has 0 saturated carbocycles. The van der Waals surface area contributed by atoms with Gasteiger partial charge in [0.05, 0.1) is 5.60 Å². The lowest BCUT2D eigenvalue weighted by atomic mass is 10.1. The fourth-order valence-electron chi connectivity index (χ4n) is 2.37. The Balaban J connectivity index is 0.000000157. The number of hydrogen-bond acceptors (Lipinski definition) is 2. The number of allylic oxidation sites excluding steroid dienone is 6. The van der Waals surface area contributed by atoms with Gasteiger partial charge in [0.15, 0.2) is 12.7 Å². The van der Waals surface area contributed by atoms with Crippen LogP contribution in [0.1, 0.15) is 20.3 Å². The van der Waals surface area contributed by atoms with Crippen LogP contribution in [0.15, 0.2) is 35.5 Å². The number of carbonyl (C=O) groups is 1.